The van der Waals surface area contributed by atoms with Crippen LogP contribution in [0.2, 0.25) is 0 Å². The van der Waals surface area contributed by atoms with Crippen molar-refractivity contribution in [2.75, 3.05) is 36.9 Å². The van der Waals surface area contributed by atoms with E-state index in [1.807, 2.05) is 23.1 Å². The van der Waals surface area contributed by atoms with Crippen LogP contribution in [-0.2, 0) is 22.5 Å². The summed E-state index contributed by atoms with van der Waals surface area (Å²) in [5.74, 6) is -1.23. The lowest BCUT2D eigenvalue weighted by Gasteiger charge is -2.26. The number of carbonyl (C=O) groups excluding carboxylic acids is 1. The summed E-state index contributed by atoms with van der Waals surface area (Å²) in [6, 6.07) is 13.7. The highest BCUT2D eigenvalue weighted by molar-refractivity contribution is 5.99. The van der Waals surface area contributed by atoms with Crippen LogP contribution in [-0.4, -0.2) is 42.1 Å². The van der Waals surface area contributed by atoms with Gasteiger partial charge >= 0.3 is 0 Å². The van der Waals surface area contributed by atoms with E-state index in [0.717, 1.165) is 16.9 Å². The number of amides is 1. The summed E-state index contributed by atoms with van der Waals surface area (Å²) in [6.45, 7) is 2.61. The fraction of sp³-hybridized carbons (Fsp3) is 0.231. The highest BCUT2D eigenvalue weighted by atomic mass is 19.1. The Hall–Kier alpha value is -3.82. The van der Waals surface area contributed by atoms with Crippen LogP contribution in [0.25, 0.3) is 22.2 Å². The van der Waals surface area contributed by atoms with Crippen LogP contribution in [0.1, 0.15) is 11.1 Å². The molecule has 6 rings (SSSR count). The number of hydrogen-bond acceptors (Lipinski definition) is 6. The van der Waals surface area contributed by atoms with Crippen LogP contribution < -0.4 is 10.6 Å². The van der Waals surface area contributed by atoms with E-state index in [2.05, 4.69) is 15.6 Å². The SMILES string of the molecule is O=C1Cc2cc(Nc3nc4cccc(-c5cc(F)c(CN6CCOCC6)c(F)c5)c4o3)ccc2N1. The van der Waals surface area contributed by atoms with Gasteiger partial charge in [-0.1, -0.05) is 12.1 Å². The second-order valence-corrected chi connectivity index (χ2v) is 8.70. The second kappa shape index (κ2) is 8.75. The molecule has 1 saturated heterocycles. The molecule has 0 atom stereocenters. The van der Waals surface area contributed by atoms with Crippen molar-refractivity contribution < 1.29 is 22.7 Å². The molecule has 2 aliphatic rings. The number of rotatable bonds is 5. The molecule has 0 saturated carbocycles. The number of carbonyl (C=O) groups is 1. The van der Waals surface area contributed by atoms with Gasteiger partial charge in [0.2, 0.25) is 5.91 Å². The van der Waals surface area contributed by atoms with E-state index >= 15 is 0 Å². The third-order valence-corrected chi connectivity index (χ3v) is 6.33. The van der Waals surface area contributed by atoms with E-state index in [1.54, 1.807) is 18.2 Å². The summed E-state index contributed by atoms with van der Waals surface area (Å²) in [4.78, 5) is 18.1. The lowest BCUT2D eigenvalue weighted by atomic mass is 10.0. The Kier molecular flexibility index (Phi) is 5.43. The lowest BCUT2D eigenvalue weighted by molar-refractivity contribution is -0.115. The number of morpholine rings is 1. The zero-order valence-electron chi connectivity index (χ0n) is 18.7. The number of anilines is 3. The molecule has 9 heteroatoms. The van der Waals surface area contributed by atoms with Crippen LogP contribution in [0.15, 0.2) is 52.9 Å². The van der Waals surface area contributed by atoms with Crippen molar-refractivity contribution in [3.8, 4) is 11.1 Å². The summed E-state index contributed by atoms with van der Waals surface area (Å²) in [5.41, 5.74) is 4.35. The highest BCUT2D eigenvalue weighted by Crippen LogP contribution is 2.34. The van der Waals surface area contributed by atoms with Gasteiger partial charge in [0.15, 0.2) is 5.58 Å². The number of fused-ring (bicyclic) bond motifs is 2. The molecular weight excluding hydrogens is 454 g/mol. The van der Waals surface area contributed by atoms with E-state index in [4.69, 9.17) is 9.15 Å². The van der Waals surface area contributed by atoms with Crippen LogP contribution in [0.3, 0.4) is 0 Å². The zero-order valence-corrected chi connectivity index (χ0v) is 18.7. The van der Waals surface area contributed by atoms with Crippen LogP contribution in [0, 0.1) is 11.6 Å². The number of aromatic nitrogens is 1. The van der Waals surface area contributed by atoms with E-state index < -0.39 is 11.6 Å². The maximum absolute atomic E-state index is 15.0. The number of nitrogens with zero attached hydrogens (tertiary/aromatic N) is 2. The van der Waals surface area contributed by atoms with Gasteiger partial charge in [0.1, 0.15) is 17.2 Å². The molecule has 4 aromatic rings. The van der Waals surface area contributed by atoms with Crippen molar-refractivity contribution in [3.63, 3.8) is 0 Å². The number of ether oxygens (including phenoxy) is 1. The first-order valence-corrected chi connectivity index (χ1v) is 11.4. The molecule has 7 nitrogen and oxygen atoms in total. The molecule has 1 amide bonds. The summed E-state index contributed by atoms with van der Waals surface area (Å²) in [5, 5.41) is 5.91. The van der Waals surface area contributed by atoms with Crippen molar-refractivity contribution in [2.45, 2.75) is 13.0 Å². The first-order chi connectivity index (χ1) is 17.0. The van der Waals surface area contributed by atoms with Gasteiger partial charge in [0.05, 0.1) is 19.6 Å². The van der Waals surface area contributed by atoms with Gasteiger partial charge in [-0.2, -0.15) is 4.98 Å². The molecule has 0 radical (unpaired) electrons. The summed E-state index contributed by atoms with van der Waals surface area (Å²) in [7, 11) is 0. The molecule has 178 valence electrons. The fourth-order valence-corrected chi connectivity index (χ4v) is 4.55. The molecule has 0 aliphatic carbocycles. The highest BCUT2D eigenvalue weighted by Gasteiger charge is 2.21. The largest absolute Gasteiger partial charge is 0.423 e. The van der Waals surface area contributed by atoms with Crippen molar-refractivity contribution in [3.05, 3.63) is 71.3 Å². The Bertz CT molecular complexity index is 1420. The van der Waals surface area contributed by atoms with Crippen molar-refractivity contribution >= 4 is 34.4 Å². The van der Waals surface area contributed by atoms with E-state index in [1.165, 1.54) is 12.1 Å². The molecule has 2 aliphatic heterocycles. The predicted molar refractivity (Wildman–Crippen MR) is 128 cm³/mol. The van der Waals surface area contributed by atoms with Crippen molar-refractivity contribution in [1.82, 2.24) is 9.88 Å². The summed E-state index contributed by atoms with van der Waals surface area (Å²) >= 11 is 0. The van der Waals surface area contributed by atoms with Gasteiger partial charge < -0.3 is 19.8 Å². The van der Waals surface area contributed by atoms with Gasteiger partial charge in [-0.15, -0.1) is 0 Å². The minimum absolute atomic E-state index is 0.0425. The van der Waals surface area contributed by atoms with Crippen molar-refractivity contribution in [2.24, 2.45) is 0 Å². The quantitative estimate of drug-likeness (QED) is 0.429. The average Bonchev–Trinajstić information content (AvgIpc) is 3.43. The molecule has 2 N–H and O–H groups in total. The molecule has 1 fully saturated rings. The minimum atomic E-state index is -0.595. The van der Waals surface area contributed by atoms with Crippen LogP contribution in [0.5, 0.6) is 0 Å². The smallest absolute Gasteiger partial charge is 0.300 e. The molecule has 0 spiro atoms. The molecule has 3 aromatic carbocycles. The Morgan fingerprint density at radius 2 is 1.86 bits per heavy atom. The van der Waals surface area contributed by atoms with Crippen molar-refractivity contribution in [1.29, 1.82) is 0 Å². The number of benzene rings is 3. The fourth-order valence-electron chi connectivity index (χ4n) is 4.55. The predicted octanol–water partition coefficient (Wildman–Crippen LogP) is 4.84. The summed E-state index contributed by atoms with van der Waals surface area (Å²) in [6.07, 6.45) is 0.321. The number of nitrogens with one attached hydrogen (secondary N) is 2. The van der Waals surface area contributed by atoms with Crippen LogP contribution in [0.4, 0.5) is 26.2 Å². The molecule has 0 bridgehead atoms. The number of para-hydroxylation sites is 1. The first kappa shape index (κ1) is 21.7. The van der Waals surface area contributed by atoms with Gasteiger partial charge in [-0.05, 0) is 47.5 Å². The average molecular weight is 476 g/mol. The van der Waals surface area contributed by atoms with Crippen LogP contribution >= 0.6 is 0 Å². The maximum Gasteiger partial charge on any atom is 0.300 e. The minimum Gasteiger partial charge on any atom is -0.423 e. The Labute approximate surface area is 199 Å². The van der Waals surface area contributed by atoms with Gasteiger partial charge in [0.25, 0.3) is 6.01 Å². The topological polar surface area (TPSA) is 79.6 Å². The number of oxazole rings is 1. The number of hydrogen-bond donors (Lipinski definition) is 2. The number of halogens is 2. The maximum atomic E-state index is 15.0. The normalized spacial score (nSPS) is 15.9. The second-order valence-electron chi connectivity index (χ2n) is 8.70. The molecular formula is C26H22F2N4O3. The van der Waals surface area contributed by atoms with E-state index in [0.29, 0.717) is 55.0 Å². The van der Waals surface area contributed by atoms with E-state index in [-0.39, 0.29) is 24.0 Å². The van der Waals surface area contributed by atoms with Gasteiger partial charge in [-0.25, -0.2) is 8.78 Å². The zero-order chi connectivity index (χ0) is 23.9. The molecule has 3 heterocycles. The third kappa shape index (κ3) is 4.24. The Balaban J connectivity index is 1.29. The standard InChI is InChI=1S/C26H22F2N4O3/c27-20-11-15(12-21(28)19(20)14-32-6-8-34-9-7-32)18-2-1-3-23-25(18)35-26(31-23)29-17-4-5-22-16(10-17)13-24(33)30-22/h1-5,10-12H,6-9,13-14H2,(H,29,31)(H,30,33). The third-order valence-electron chi connectivity index (χ3n) is 6.33. The molecule has 1 aromatic heterocycles. The monoisotopic (exact) mass is 476 g/mol. The van der Waals surface area contributed by atoms with E-state index in [9.17, 15) is 13.6 Å². The molecule has 35 heavy (non-hydrogen) atoms. The van der Waals surface area contributed by atoms with Gasteiger partial charge in [0, 0.05) is 42.1 Å². The van der Waals surface area contributed by atoms with Gasteiger partial charge in [-0.3, -0.25) is 9.69 Å². The Morgan fingerprint density at radius 3 is 2.66 bits per heavy atom. The lowest BCUT2D eigenvalue weighted by Crippen LogP contribution is -2.36. The molecule has 0 unspecified atom stereocenters. The first-order valence-electron chi connectivity index (χ1n) is 11.4. The summed E-state index contributed by atoms with van der Waals surface area (Å²) < 4.78 is 41.3. The Morgan fingerprint density at radius 1 is 1.06 bits per heavy atom.